The molecule has 7 amide bonds. The van der Waals surface area contributed by atoms with Gasteiger partial charge in [-0.1, -0.05) is 64.6 Å². The lowest BCUT2D eigenvalue weighted by Crippen LogP contribution is -2.56. The Balaban J connectivity index is 0.000000177. The predicted octanol–water partition coefficient (Wildman–Crippen LogP) is 15.9. The maximum Gasteiger partial charge on any atom is 0.410 e. The quantitative estimate of drug-likeness (QED) is 0.0424. The molecule has 0 atom stereocenters. The van der Waals surface area contributed by atoms with Crippen LogP contribution in [0.1, 0.15) is 132 Å². The van der Waals surface area contributed by atoms with Crippen molar-refractivity contribution in [3.05, 3.63) is 229 Å². The Morgan fingerprint density at radius 1 is 0.379 bits per heavy atom. The summed E-state index contributed by atoms with van der Waals surface area (Å²) in [5, 5.41) is 10.7. The van der Waals surface area contributed by atoms with Crippen LogP contribution in [-0.4, -0.2) is 287 Å². The van der Waals surface area contributed by atoms with Gasteiger partial charge in [0.2, 0.25) is 5.91 Å². The zero-order chi connectivity index (χ0) is 104. The molecule has 4 spiro atoms. The third kappa shape index (κ3) is 28.8. The smallest absolute Gasteiger partial charge is 0.410 e. The number of carbonyl (C=O) groups excluding carboxylic acids is 10. The molecule has 0 radical (unpaired) electrons. The summed E-state index contributed by atoms with van der Waals surface area (Å²) in [4.78, 5) is 158. The number of likely N-dealkylation sites (tertiary alicyclic amines) is 3. The van der Waals surface area contributed by atoms with Crippen LogP contribution in [0.5, 0.6) is 46.0 Å². The van der Waals surface area contributed by atoms with Gasteiger partial charge in [-0.15, -0.1) is 24.0 Å². The van der Waals surface area contributed by atoms with E-state index in [2.05, 4.69) is 27.9 Å². The summed E-state index contributed by atoms with van der Waals surface area (Å²) >= 11 is 29.8. The number of hydrogen-bond acceptors (Lipinski definition) is 26. The summed E-state index contributed by atoms with van der Waals surface area (Å²) in [5.74, 6) is 3.49. The number of nitrogens with one attached hydrogen (secondary N) is 3. The first-order chi connectivity index (χ1) is 68.6. The average Bonchev–Trinajstić information content (AvgIpc) is 1.60. The first-order valence-electron chi connectivity index (χ1n) is 47.0. The molecule has 33 nitrogen and oxygen atoms in total. The number of hydrogen-bond donors (Lipinski definition) is 3. The molecule has 16 rings (SSSR count). The molecular formula is C106H123Cl6N13O20. The minimum absolute atomic E-state index is 0. The molecular weight excluding hydrogens is 1990 g/mol. The summed E-state index contributed by atoms with van der Waals surface area (Å²) in [6.07, 6.45) is 4.36. The van der Waals surface area contributed by atoms with E-state index in [0.29, 0.717) is 172 Å². The third-order valence-corrected chi connectivity index (χ3v) is 26.6. The van der Waals surface area contributed by atoms with Gasteiger partial charge in [-0.3, -0.25) is 58.3 Å². The van der Waals surface area contributed by atoms with Crippen molar-refractivity contribution in [1.29, 1.82) is 0 Å². The van der Waals surface area contributed by atoms with Crippen LogP contribution in [0.2, 0.25) is 20.1 Å². The summed E-state index contributed by atoms with van der Waals surface area (Å²) in [6, 6.07) is 49.7. The van der Waals surface area contributed by atoms with Crippen molar-refractivity contribution >= 4 is 158 Å². The van der Waals surface area contributed by atoms with Crippen LogP contribution in [0, 0.1) is 0 Å². The molecule has 3 N–H and O–H groups in total. The number of Topliss-reactive ketones (excluding diaryl/α,β-unsaturated/α-hetero) is 3. The van der Waals surface area contributed by atoms with E-state index >= 15 is 0 Å². The number of rotatable bonds is 26. The number of amides is 7. The Morgan fingerprint density at radius 3 is 0.972 bits per heavy atom. The van der Waals surface area contributed by atoms with Gasteiger partial charge in [0.05, 0.1) is 96.6 Å². The zero-order valence-electron chi connectivity index (χ0n) is 83.9. The van der Waals surface area contributed by atoms with Gasteiger partial charge in [0, 0.05) is 138 Å². The van der Waals surface area contributed by atoms with Crippen molar-refractivity contribution in [3.63, 3.8) is 0 Å². The molecule has 774 valence electrons. The second-order valence-corrected chi connectivity index (χ2v) is 39.3. The van der Waals surface area contributed by atoms with Crippen LogP contribution < -0.4 is 53.8 Å². The van der Waals surface area contributed by atoms with Gasteiger partial charge in [0.1, 0.15) is 109 Å². The van der Waals surface area contributed by atoms with Crippen molar-refractivity contribution in [2.45, 2.75) is 146 Å². The number of benzene rings is 8. The Labute approximate surface area is 875 Å². The van der Waals surface area contributed by atoms with Gasteiger partial charge in [-0.05, 0) is 230 Å². The van der Waals surface area contributed by atoms with Crippen molar-refractivity contribution in [1.82, 2.24) is 40.0 Å². The van der Waals surface area contributed by atoms with E-state index in [9.17, 15) is 47.9 Å². The number of halogens is 6. The van der Waals surface area contributed by atoms with E-state index in [1.54, 1.807) is 164 Å². The molecule has 0 aliphatic carbocycles. The number of carbonyl (C=O) groups is 10. The highest BCUT2D eigenvalue weighted by atomic mass is 35.5. The molecule has 39 heteroatoms. The number of anilines is 1. The molecule has 8 heterocycles. The largest absolute Gasteiger partial charge is 0.497 e. The fraction of sp³-hybridized carbons (Fsp3) is 0.415. The SMILES string of the molecule is COc1ccc(C2=NC3(CCN(C(=O)OC(C)(C)C)CC3)N(CC(=O)Cc3ccc(OC)c(Cl)c3)C2=O)cc1.COc1ccc(C2=NC3(CCN(C(=O)OC(C)(C)C)CC3)NC2=O)cc1.COc1ccc(C2=NC3(CCN(C)CC3)N(CC(=O)Cc3ccc(OC)c(Cl)c3)C2=O)cc1.COc1ccc(C2=NC3(CCNCC3)N(CC(=O)Cc3ccc(OC)c(Cl)c3)C2=O)cc1.COc1ccc(NC(=O)CCl)cc1Cl.Cl. The molecule has 8 aliphatic heterocycles. The Kier molecular flexibility index (Phi) is 38.9. The first kappa shape index (κ1) is 113. The number of aliphatic imine (C=N–C) groups is 4. The maximum atomic E-state index is 13.7. The van der Waals surface area contributed by atoms with Crippen LogP contribution in [0.25, 0.3) is 0 Å². The first-order valence-corrected chi connectivity index (χ1v) is 49.0. The summed E-state index contributed by atoms with van der Waals surface area (Å²) in [6.45, 7) is 15.7. The monoisotopic (exact) mass is 2110 g/mol. The van der Waals surface area contributed by atoms with Gasteiger partial charge in [-0.25, -0.2) is 9.59 Å². The Hall–Kier alpha value is -12.6. The number of piperidine rings is 4. The molecule has 8 aromatic rings. The number of nitrogens with zero attached hydrogens (tertiary/aromatic N) is 10. The maximum absolute atomic E-state index is 13.7. The van der Waals surface area contributed by atoms with Crippen molar-refractivity contribution in [3.8, 4) is 46.0 Å². The van der Waals surface area contributed by atoms with Gasteiger partial charge < -0.3 is 92.7 Å². The van der Waals surface area contributed by atoms with E-state index in [1.165, 1.54) is 14.2 Å². The highest BCUT2D eigenvalue weighted by Crippen LogP contribution is 2.42. The van der Waals surface area contributed by atoms with E-state index in [1.807, 2.05) is 114 Å². The fourth-order valence-corrected chi connectivity index (χ4v) is 18.8. The van der Waals surface area contributed by atoms with E-state index in [-0.39, 0.29) is 110 Å². The minimum Gasteiger partial charge on any atom is -0.497 e. The van der Waals surface area contributed by atoms with Crippen molar-refractivity contribution in [2.75, 3.05) is 147 Å². The normalized spacial score (nSPS) is 16.8. The van der Waals surface area contributed by atoms with Crippen LogP contribution in [0.3, 0.4) is 0 Å². The lowest BCUT2D eigenvalue weighted by atomic mass is 9.95. The topological polar surface area (TPSA) is 368 Å². The lowest BCUT2D eigenvalue weighted by Gasteiger charge is -2.42. The van der Waals surface area contributed by atoms with Crippen LogP contribution in [-0.2, 0) is 67.1 Å². The Bertz CT molecular complexity index is 6130. The number of methoxy groups -OCH3 is 8. The molecule has 0 aromatic heterocycles. The summed E-state index contributed by atoms with van der Waals surface area (Å²) < 4.78 is 52.3. The van der Waals surface area contributed by atoms with E-state index in [0.717, 1.165) is 65.3 Å². The van der Waals surface area contributed by atoms with Crippen LogP contribution >= 0.6 is 70.4 Å². The fourth-order valence-electron chi connectivity index (χ4n) is 17.6. The van der Waals surface area contributed by atoms with Crippen molar-refractivity contribution in [2.24, 2.45) is 20.0 Å². The summed E-state index contributed by atoms with van der Waals surface area (Å²) in [5.41, 5.74) is 3.20. The standard InChI is InChI=1S/C29H34ClN3O6.C25H28ClN3O4.C24H26ClN3O4.C19H25N3O4.C9H9Cl2NO2.ClH/c1-28(2,3)39-27(36)32-14-12-29(13-15-32)31-25(20-7-9-22(37-4)10-8-20)26(35)33(29)18-21(34)16-19-6-11-24(38-5)23(30)17-19;1-28-12-10-25(11-13-28)27-23(18-5-7-20(32-2)8-6-18)24(31)29(25)16-19(30)14-17-4-9-22(33-3)21(26)15-17;1-31-19-6-4-17(5-7-19)22-23(30)28(24(27-22)9-11-26-12-10-24)15-18(29)13-16-3-8-21(32-2)20(25)14-16;1-18(2,3)26-17(24)22-11-9-19(10-12-22)20-15(16(23)21-19)13-5-7-14(25-4)8-6-13;1-14-8-3-2-6(4-7(8)11)12-9(13)5-10;/h6-11,17H,12-16,18H2,1-5H3;4-9,15H,10-14,16H2,1-3H3;3-8,14,26H,9-13,15H2,1-2H3;5-8H,9-12H2,1-4H3,(H,21,23);2-4H,5H2,1H3,(H,12,13);1H. The van der Waals surface area contributed by atoms with Gasteiger partial charge in [0.25, 0.3) is 23.6 Å². The van der Waals surface area contributed by atoms with E-state index in [4.69, 9.17) is 125 Å². The minimum atomic E-state index is -0.932. The average molecular weight is 2110 g/mol. The zero-order valence-corrected chi connectivity index (χ0v) is 88.5. The third-order valence-electron chi connectivity index (χ3n) is 25.2. The highest BCUT2D eigenvalue weighted by molar-refractivity contribution is 6.49. The number of ether oxygens (including phenoxy) is 10. The van der Waals surface area contributed by atoms with Crippen molar-refractivity contribution < 1.29 is 95.3 Å². The molecule has 0 unspecified atom stereocenters. The van der Waals surface area contributed by atoms with Crippen LogP contribution in [0.4, 0.5) is 15.3 Å². The molecule has 145 heavy (non-hydrogen) atoms. The second-order valence-electron chi connectivity index (χ2n) is 37.4. The molecule has 8 aliphatic rings. The number of ketones is 3. The molecule has 0 saturated carbocycles. The molecule has 0 bridgehead atoms. The summed E-state index contributed by atoms with van der Waals surface area (Å²) in [7, 11) is 14.6. The van der Waals surface area contributed by atoms with Gasteiger partial charge >= 0.3 is 12.2 Å². The van der Waals surface area contributed by atoms with E-state index < -0.39 is 39.9 Å². The number of alkyl halides is 1. The second kappa shape index (κ2) is 50.0. The molecule has 4 fully saturated rings. The predicted molar refractivity (Wildman–Crippen MR) is 560 cm³/mol. The van der Waals surface area contributed by atoms with Crippen LogP contribution in [0.15, 0.2) is 190 Å². The Morgan fingerprint density at radius 2 is 0.676 bits per heavy atom. The van der Waals surface area contributed by atoms with Gasteiger partial charge in [-0.2, -0.15) is 0 Å². The van der Waals surface area contributed by atoms with Gasteiger partial charge in [0.15, 0.2) is 17.3 Å². The lowest BCUT2D eigenvalue weighted by molar-refractivity contribution is -0.135. The molecule has 8 aromatic carbocycles. The highest BCUT2D eigenvalue weighted by Gasteiger charge is 2.53. The molecule has 4 saturated heterocycles.